The van der Waals surface area contributed by atoms with Crippen LogP contribution in [-0.4, -0.2) is 8.42 Å². The van der Waals surface area contributed by atoms with Crippen LogP contribution in [0.5, 0.6) is 0 Å². The van der Waals surface area contributed by atoms with Gasteiger partial charge in [-0.1, -0.05) is 5.11 Å². The first-order chi connectivity index (χ1) is 7.33. The molecule has 1 rings (SSSR count). The Kier molecular flexibility index (Phi) is 4.11. The molecule has 0 heterocycles. The molecule has 0 N–H and O–H groups in total. The smallest absolute Gasteiger partial charge is 0.194 e. The lowest BCUT2D eigenvalue weighted by atomic mass is 10.1. The summed E-state index contributed by atoms with van der Waals surface area (Å²) in [6.07, 6.45) is 0. The average molecular weight is 355 g/mol. The highest BCUT2D eigenvalue weighted by Crippen LogP contribution is 2.27. The molecule has 8 heteroatoms. The molecule has 0 unspecified atom stereocenters. The van der Waals surface area contributed by atoms with Gasteiger partial charge >= 0.3 is 10.2 Å². The first-order valence-corrected chi connectivity index (χ1v) is 6.73. The second-order valence-electron chi connectivity index (χ2n) is 3.08. The second-order valence-corrected chi connectivity index (χ2v) is 5.69. The maximum Gasteiger partial charge on any atom is 0.306 e. The third-order valence-corrected chi connectivity index (χ3v) is 3.21. The highest BCUT2D eigenvalue weighted by Gasteiger charge is 2.13. The lowest BCUT2D eigenvalue weighted by molar-refractivity contribution is 0.551. The zero-order valence-corrected chi connectivity index (χ0v) is 11.2. The summed E-state index contributed by atoms with van der Waals surface area (Å²) >= 11 is 1.94. The monoisotopic (exact) mass is 355 g/mol. The molecular weight excluding hydrogens is 348 g/mol. The molecule has 0 radical (unpaired) electrons. The largest absolute Gasteiger partial charge is 0.306 e. The Morgan fingerprint density at radius 1 is 1.56 bits per heavy atom. The normalized spacial score (nSPS) is 10.9. The first-order valence-electron chi connectivity index (χ1n) is 4.10. The van der Waals surface area contributed by atoms with Crippen molar-refractivity contribution in [2.75, 3.05) is 0 Å². The Labute approximate surface area is 106 Å². The van der Waals surface area contributed by atoms with Crippen molar-refractivity contribution in [3.05, 3.63) is 37.3 Å². The lowest BCUT2D eigenvalue weighted by Gasteiger charge is -2.07. The van der Waals surface area contributed by atoms with Gasteiger partial charge in [0.1, 0.15) is 5.75 Å². The molecule has 0 saturated heterocycles. The van der Waals surface area contributed by atoms with E-state index in [9.17, 15) is 12.3 Å². The fourth-order valence-electron chi connectivity index (χ4n) is 1.21. The van der Waals surface area contributed by atoms with Crippen molar-refractivity contribution in [3.8, 4) is 0 Å². The summed E-state index contributed by atoms with van der Waals surface area (Å²) in [5.74, 6) is -0.705. The average Bonchev–Trinajstić information content (AvgIpc) is 2.11. The first kappa shape index (κ1) is 13.2. The molecule has 0 aliphatic rings. The van der Waals surface area contributed by atoms with Gasteiger partial charge in [-0.05, 0) is 58.3 Å². The number of hydrogen-bond acceptors (Lipinski definition) is 3. The van der Waals surface area contributed by atoms with Gasteiger partial charge in [0.15, 0.2) is 0 Å². The summed E-state index contributed by atoms with van der Waals surface area (Å²) in [5, 5.41) is 3.42. The molecule has 0 atom stereocenters. The van der Waals surface area contributed by atoms with E-state index in [4.69, 9.17) is 5.53 Å². The number of halogens is 2. The SMILES string of the molecule is Cc1c(CS(=O)(=O)F)cc(I)cc1N=[N+]=[N-]. The Morgan fingerprint density at radius 2 is 2.19 bits per heavy atom. The van der Waals surface area contributed by atoms with Crippen LogP contribution in [0, 0.1) is 10.5 Å². The van der Waals surface area contributed by atoms with Crippen LogP contribution in [0.1, 0.15) is 11.1 Å². The van der Waals surface area contributed by atoms with Crippen molar-refractivity contribution < 1.29 is 12.3 Å². The molecule has 5 nitrogen and oxygen atoms in total. The molecule has 0 saturated carbocycles. The van der Waals surface area contributed by atoms with E-state index in [1.165, 1.54) is 0 Å². The standard InChI is InChI=1S/C8H7FIN3O2S/c1-5-6(4-16(9,14)15)2-7(10)3-8(5)12-13-11/h2-3H,4H2,1H3. The van der Waals surface area contributed by atoms with Gasteiger partial charge in [0.25, 0.3) is 0 Å². The zero-order chi connectivity index (χ0) is 12.3. The van der Waals surface area contributed by atoms with E-state index in [1.807, 2.05) is 22.6 Å². The van der Waals surface area contributed by atoms with Gasteiger partial charge in [0, 0.05) is 14.2 Å². The summed E-state index contributed by atoms with van der Waals surface area (Å²) in [6, 6.07) is 3.15. The summed E-state index contributed by atoms with van der Waals surface area (Å²) in [7, 11) is -4.59. The van der Waals surface area contributed by atoms with E-state index < -0.39 is 16.0 Å². The van der Waals surface area contributed by atoms with E-state index >= 15 is 0 Å². The summed E-state index contributed by atoms with van der Waals surface area (Å²) in [4.78, 5) is 2.62. The Bertz CT molecular complexity index is 567. The fourth-order valence-corrected chi connectivity index (χ4v) is 2.55. The molecule has 86 valence electrons. The van der Waals surface area contributed by atoms with E-state index in [0.29, 0.717) is 20.4 Å². The highest BCUT2D eigenvalue weighted by molar-refractivity contribution is 14.1. The predicted molar refractivity (Wildman–Crippen MR) is 66.4 cm³/mol. The molecule has 0 bridgehead atoms. The Hall–Kier alpha value is -0.860. The maximum atomic E-state index is 12.6. The highest BCUT2D eigenvalue weighted by atomic mass is 127. The van der Waals surface area contributed by atoms with Gasteiger partial charge in [-0.2, -0.15) is 8.42 Å². The minimum Gasteiger partial charge on any atom is -0.194 e. The Balaban J connectivity index is 3.35. The third kappa shape index (κ3) is 3.62. The molecule has 16 heavy (non-hydrogen) atoms. The van der Waals surface area contributed by atoms with Gasteiger partial charge in [0.2, 0.25) is 0 Å². The van der Waals surface area contributed by atoms with Crippen LogP contribution in [0.15, 0.2) is 17.2 Å². The third-order valence-electron chi connectivity index (χ3n) is 1.93. The number of hydrogen-bond donors (Lipinski definition) is 0. The van der Waals surface area contributed by atoms with E-state index in [1.54, 1.807) is 19.1 Å². The lowest BCUT2D eigenvalue weighted by Crippen LogP contribution is -1.99. The minimum absolute atomic E-state index is 0.303. The number of rotatable bonds is 3. The molecule has 0 aromatic heterocycles. The van der Waals surface area contributed by atoms with Crippen molar-refractivity contribution in [3.63, 3.8) is 0 Å². The predicted octanol–water partition coefficient (Wildman–Crippen LogP) is 3.34. The van der Waals surface area contributed by atoms with Crippen LogP contribution in [0.2, 0.25) is 0 Å². The topological polar surface area (TPSA) is 82.9 Å². The Morgan fingerprint density at radius 3 is 2.69 bits per heavy atom. The van der Waals surface area contributed by atoms with Crippen molar-refractivity contribution in [1.82, 2.24) is 0 Å². The van der Waals surface area contributed by atoms with E-state index in [2.05, 4.69) is 10.0 Å². The van der Waals surface area contributed by atoms with Crippen LogP contribution in [0.4, 0.5) is 9.57 Å². The van der Waals surface area contributed by atoms with Crippen molar-refractivity contribution >= 4 is 38.5 Å². The van der Waals surface area contributed by atoms with Gasteiger partial charge in [-0.3, -0.25) is 0 Å². The fraction of sp³-hybridized carbons (Fsp3) is 0.250. The molecule has 0 amide bonds. The molecule has 0 aliphatic heterocycles. The van der Waals surface area contributed by atoms with Crippen LogP contribution >= 0.6 is 22.6 Å². The van der Waals surface area contributed by atoms with E-state index in [-0.39, 0.29) is 0 Å². The van der Waals surface area contributed by atoms with Crippen LogP contribution in [-0.2, 0) is 16.0 Å². The van der Waals surface area contributed by atoms with E-state index in [0.717, 1.165) is 0 Å². The molecule has 0 fully saturated rings. The van der Waals surface area contributed by atoms with Gasteiger partial charge in [-0.25, -0.2) is 0 Å². The van der Waals surface area contributed by atoms with Crippen LogP contribution in [0.25, 0.3) is 10.4 Å². The van der Waals surface area contributed by atoms with Gasteiger partial charge in [-0.15, -0.1) is 3.89 Å². The van der Waals surface area contributed by atoms with Crippen LogP contribution < -0.4 is 0 Å². The number of benzene rings is 1. The summed E-state index contributed by atoms with van der Waals surface area (Å²) in [5.41, 5.74) is 9.41. The second kappa shape index (κ2) is 4.98. The number of azide groups is 1. The molecule has 1 aromatic carbocycles. The molecule has 0 aliphatic carbocycles. The van der Waals surface area contributed by atoms with Gasteiger partial charge in [0.05, 0.1) is 0 Å². The molecule has 1 aromatic rings. The van der Waals surface area contributed by atoms with Crippen molar-refractivity contribution in [2.45, 2.75) is 12.7 Å². The summed E-state index contributed by atoms with van der Waals surface area (Å²) in [6.45, 7) is 1.58. The molecular formula is C8H7FIN3O2S. The minimum atomic E-state index is -4.59. The molecule has 0 spiro atoms. The summed E-state index contributed by atoms with van der Waals surface area (Å²) < 4.78 is 34.4. The van der Waals surface area contributed by atoms with Gasteiger partial charge < -0.3 is 0 Å². The quantitative estimate of drug-likeness (QED) is 0.274. The zero-order valence-electron chi connectivity index (χ0n) is 8.18. The number of nitrogens with zero attached hydrogens (tertiary/aromatic N) is 3. The maximum absolute atomic E-state index is 12.6. The van der Waals surface area contributed by atoms with Crippen molar-refractivity contribution in [1.29, 1.82) is 0 Å². The van der Waals surface area contributed by atoms with Crippen molar-refractivity contribution in [2.24, 2.45) is 5.11 Å². The van der Waals surface area contributed by atoms with Crippen LogP contribution in [0.3, 0.4) is 0 Å².